The van der Waals surface area contributed by atoms with Crippen LogP contribution in [0.15, 0.2) is 6.07 Å². The molecule has 1 aliphatic carbocycles. The molecule has 0 unspecified atom stereocenters. The summed E-state index contributed by atoms with van der Waals surface area (Å²) in [5.74, 6) is 4.10. The van der Waals surface area contributed by atoms with Gasteiger partial charge in [0.1, 0.15) is 17.5 Å². The Kier molecular flexibility index (Phi) is 5.79. The van der Waals surface area contributed by atoms with Crippen LogP contribution in [0.25, 0.3) is 0 Å². The number of anilines is 2. The molecule has 1 saturated carbocycles. The molecule has 1 aromatic heterocycles. The highest BCUT2D eigenvalue weighted by Gasteiger charge is 2.28. The van der Waals surface area contributed by atoms with Gasteiger partial charge in [-0.15, -0.1) is 0 Å². The summed E-state index contributed by atoms with van der Waals surface area (Å²) in [6.07, 6.45) is 2.44. The Balaban J connectivity index is 2.23. The van der Waals surface area contributed by atoms with Crippen LogP contribution in [0.4, 0.5) is 11.6 Å². The molecule has 0 spiro atoms. The van der Waals surface area contributed by atoms with Crippen molar-refractivity contribution in [2.75, 3.05) is 43.6 Å². The van der Waals surface area contributed by atoms with E-state index < -0.39 is 0 Å². The zero-order valence-electron chi connectivity index (χ0n) is 13.7. The molecule has 1 aromatic rings. The number of nitrogens with one attached hydrogen (secondary N) is 1. The van der Waals surface area contributed by atoms with Crippen molar-refractivity contribution < 1.29 is 4.74 Å². The lowest BCUT2D eigenvalue weighted by molar-refractivity contribution is 0.204. The molecular weight excluding hydrogens is 264 g/mol. The van der Waals surface area contributed by atoms with Crippen molar-refractivity contribution in [1.82, 2.24) is 9.97 Å². The number of rotatable bonds is 9. The molecule has 1 fully saturated rings. The minimum Gasteiger partial charge on any atom is -0.383 e. The van der Waals surface area contributed by atoms with Gasteiger partial charge in [0.2, 0.25) is 0 Å². The Bertz CT molecular complexity index is 446. The van der Waals surface area contributed by atoms with Crippen molar-refractivity contribution in [2.24, 2.45) is 5.92 Å². The first kappa shape index (κ1) is 16.0. The maximum Gasteiger partial charge on any atom is 0.136 e. The van der Waals surface area contributed by atoms with Crippen LogP contribution >= 0.6 is 0 Å². The Morgan fingerprint density at radius 1 is 1.38 bits per heavy atom. The fraction of sp³-hybridized carbons (Fsp3) is 0.750. The second-order valence-electron chi connectivity index (χ2n) is 6.11. The summed E-state index contributed by atoms with van der Waals surface area (Å²) >= 11 is 0. The summed E-state index contributed by atoms with van der Waals surface area (Å²) in [5.41, 5.74) is 0. The van der Waals surface area contributed by atoms with Crippen molar-refractivity contribution in [3.05, 3.63) is 11.9 Å². The molecule has 0 saturated heterocycles. The molecule has 0 bridgehead atoms. The van der Waals surface area contributed by atoms with Crippen molar-refractivity contribution in [2.45, 2.75) is 39.5 Å². The highest BCUT2D eigenvalue weighted by atomic mass is 16.5. The van der Waals surface area contributed by atoms with Crippen LogP contribution in [-0.4, -0.2) is 43.3 Å². The van der Waals surface area contributed by atoms with E-state index in [9.17, 15) is 0 Å². The lowest BCUT2D eigenvalue weighted by Crippen LogP contribution is -2.32. The third-order valence-electron chi connectivity index (χ3n) is 3.51. The molecule has 0 radical (unpaired) electrons. The normalized spacial score (nSPS) is 14.5. The molecule has 0 atom stereocenters. The first-order valence-electron chi connectivity index (χ1n) is 8.00. The Morgan fingerprint density at radius 2 is 2.14 bits per heavy atom. The average molecular weight is 292 g/mol. The standard InChI is InChI=1S/C16H28N4O/c1-5-17-14-10-15(19-16(18-14)13-6-7-13)20(8-9-21-4)11-12(2)3/h10,12-13H,5-9,11H2,1-4H3,(H,17,18,19). The second kappa shape index (κ2) is 7.59. The van der Waals surface area contributed by atoms with Gasteiger partial charge in [0, 0.05) is 38.7 Å². The Morgan fingerprint density at radius 3 is 2.71 bits per heavy atom. The summed E-state index contributed by atoms with van der Waals surface area (Å²) < 4.78 is 5.24. The molecule has 5 heteroatoms. The van der Waals surface area contributed by atoms with Crippen molar-refractivity contribution in [3.8, 4) is 0 Å². The maximum absolute atomic E-state index is 5.24. The smallest absolute Gasteiger partial charge is 0.136 e. The van der Waals surface area contributed by atoms with Crippen molar-refractivity contribution in [3.63, 3.8) is 0 Å². The van der Waals surface area contributed by atoms with Crippen molar-refractivity contribution >= 4 is 11.6 Å². The van der Waals surface area contributed by atoms with Crippen molar-refractivity contribution in [1.29, 1.82) is 0 Å². The number of methoxy groups -OCH3 is 1. The fourth-order valence-corrected chi connectivity index (χ4v) is 2.35. The lowest BCUT2D eigenvalue weighted by atomic mass is 10.2. The monoisotopic (exact) mass is 292 g/mol. The predicted octanol–water partition coefficient (Wildman–Crippen LogP) is 2.89. The maximum atomic E-state index is 5.24. The molecule has 5 nitrogen and oxygen atoms in total. The molecule has 118 valence electrons. The van der Waals surface area contributed by atoms with E-state index in [1.54, 1.807) is 7.11 Å². The van der Waals surface area contributed by atoms with Gasteiger partial charge in [-0.3, -0.25) is 0 Å². The van der Waals surface area contributed by atoms with Crippen LogP contribution in [0, 0.1) is 5.92 Å². The van der Waals surface area contributed by atoms with Crippen LogP contribution < -0.4 is 10.2 Å². The number of hydrogen-bond donors (Lipinski definition) is 1. The van der Waals surface area contributed by atoms with Gasteiger partial charge in [-0.25, -0.2) is 9.97 Å². The van der Waals surface area contributed by atoms with Gasteiger partial charge in [0.15, 0.2) is 0 Å². The molecule has 1 heterocycles. The predicted molar refractivity (Wildman–Crippen MR) is 87.1 cm³/mol. The van der Waals surface area contributed by atoms with Crippen LogP contribution in [-0.2, 0) is 4.74 Å². The van der Waals surface area contributed by atoms with E-state index in [2.05, 4.69) is 42.0 Å². The van der Waals surface area contributed by atoms with E-state index in [1.165, 1.54) is 12.8 Å². The van der Waals surface area contributed by atoms with E-state index in [0.717, 1.165) is 37.1 Å². The summed E-state index contributed by atoms with van der Waals surface area (Å²) in [7, 11) is 1.74. The second-order valence-corrected chi connectivity index (χ2v) is 6.11. The van der Waals surface area contributed by atoms with Gasteiger partial charge in [0.25, 0.3) is 0 Å². The zero-order chi connectivity index (χ0) is 15.2. The van der Waals surface area contributed by atoms with Gasteiger partial charge in [-0.2, -0.15) is 0 Å². The van der Waals surface area contributed by atoms with E-state index in [0.29, 0.717) is 18.4 Å². The molecule has 1 N–H and O–H groups in total. The summed E-state index contributed by atoms with van der Waals surface area (Å²) in [5, 5.41) is 3.33. The molecule has 0 aliphatic heterocycles. The molecule has 21 heavy (non-hydrogen) atoms. The largest absolute Gasteiger partial charge is 0.383 e. The molecule has 0 aromatic carbocycles. The van der Waals surface area contributed by atoms with Crippen LogP contribution in [0.2, 0.25) is 0 Å². The highest BCUT2D eigenvalue weighted by Crippen LogP contribution is 2.39. The number of hydrogen-bond acceptors (Lipinski definition) is 5. The molecule has 2 rings (SSSR count). The van der Waals surface area contributed by atoms with E-state index in [4.69, 9.17) is 9.72 Å². The average Bonchev–Trinajstić information content (AvgIpc) is 3.27. The van der Waals surface area contributed by atoms with Crippen LogP contribution in [0.3, 0.4) is 0 Å². The molecule has 0 amide bonds. The van der Waals surface area contributed by atoms with Crippen LogP contribution in [0.1, 0.15) is 45.4 Å². The van der Waals surface area contributed by atoms with E-state index in [-0.39, 0.29) is 0 Å². The van der Waals surface area contributed by atoms with E-state index in [1.807, 2.05) is 0 Å². The number of nitrogens with zero attached hydrogens (tertiary/aromatic N) is 3. The molecular formula is C16H28N4O. The first-order chi connectivity index (χ1) is 10.1. The minimum atomic E-state index is 0.561. The third kappa shape index (κ3) is 4.84. The summed E-state index contributed by atoms with van der Waals surface area (Å²) in [6.45, 7) is 9.99. The topological polar surface area (TPSA) is 50.3 Å². The SMILES string of the molecule is CCNc1cc(N(CCOC)CC(C)C)nc(C2CC2)n1. The third-order valence-corrected chi connectivity index (χ3v) is 3.51. The zero-order valence-corrected chi connectivity index (χ0v) is 13.7. The lowest BCUT2D eigenvalue weighted by Gasteiger charge is -2.26. The Labute approximate surface area is 128 Å². The minimum absolute atomic E-state index is 0.561. The van der Waals surface area contributed by atoms with Gasteiger partial charge in [0.05, 0.1) is 6.61 Å². The fourth-order valence-electron chi connectivity index (χ4n) is 2.35. The highest BCUT2D eigenvalue weighted by molar-refractivity contribution is 5.50. The van der Waals surface area contributed by atoms with Crippen LogP contribution in [0.5, 0.6) is 0 Å². The number of ether oxygens (including phenoxy) is 1. The Hall–Kier alpha value is -1.36. The van der Waals surface area contributed by atoms with Gasteiger partial charge in [-0.1, -0.05) is 13.8 Å². The quantitative estimate of drug-likeness (QED) is 0.758. The molecule has 1 aliphatic rings. The van der Waals surface area contributed by atoms with E-state index >= 15 is 0 Å². The first-order valence-corrected chi connectivity index (χ1v) is 8.00. The van der Waals surface area contributed by atoms with Gasteiger partial charge in [-0.05, 0) is 25.7 Å². The van der Waals surface area contributed by atoms with Gasteiger partial charge < -0.3 is 15.0 Å². The summed E-state index contributed by atoms with van der Waals surface area (Å²) in [4.78, 5) is 11.8. The summed E-state index contributed by atoms with van der Waals surface area (Å²) in [6, 6.07) is 2.06. The van der Waals surface area contributed by atoms with Gasteiger partial charge >= 0.3 is 0 Å². The number of aromatic nitrogens is 2.